The van der Waals surface area contributed by atoms with E-state index in [-0.39, 0.29) is 38.9 Å². The largest absolute Gasteiger partial charge is 0.641 e. The third-order valence-electron chi connectivity index (χ3n) is 1.42. The molecule has 0 fully saturated rings. The fourth-order valence-corrected chi connectivity index (χ4v) is 0.749. The Morgan fingerprint density at radius 1 is 1.33 bits per heavy atom. The molecule has 7 nitrogen and oxygen atoms in total. The van der Waals surface area contributed by atoms with Gasteiger partial charge in [0.2, 0.25) is 5.91 Å². The van der Waals surface area contributed by atoms with Gasteiger partial charge < -0.3 is 26.7 Å². The molecule has 0 saturated carbocycles. The minimum atomic E-state index is -1.27. The van der Waals surface area contributed by atoms with Crippen LogP contribution in [-0.2, 0) is 33.9 Å². The van der Waals surface area contributed by atoms with E-state index in [1.165, 1.54) is 0 Å². The fourth-order valence-electron chi connectivity index (χ4n) is 0.749. The van der Waals surface area contributed by atoms with Crippen LogP contribution in [0.2, 0.25) is 0 Å². The van der Waals surface area contributed by atoms with Crippen molar-refractivity contribution in [2.24, 2.45) is 11.5 Å². The van der Waals surface area contributed by atoms with Crippen LogP contribution in [0.4, 0.5) is 0 Å². The molecular weight excluding hydrogens is 255 g/mol. The second-order valence-electron chi connectivity index (χ2n) is 2.59. The molecule has 0 bridgehead atoms. The van der Waals surface area contributed by atoms with E-state index in [9.17, 15) is 14.4 Å². The van der Waals surface area contributed by atoms with Gasteiger partial charge in [-0.1, -0.05) is 0 Å². The average molecular weight is 268 g/mol. The maximum absolute atomic E-state index is 10.7. The van der Waals surface area contributed by atoms with Crippen molar-refractivity contribution in [2.45, 2.75) is 18.9 Å². The predicted octanol–water partition coefficient (Wildman–Crippen LogP) is -1.44. The van der Waals surface area contributed by atoms with Crippen LogP contribution in [0.1, 0.15) is 12.8 Å². The number of carboxylic acids is 1. The van der Waals surface area contributed by atoms with Gasteiger partial charge in [-0.2, -0.15) is 0 Å². The minimum Gasteiger partial charge on any atom is -0.641 e. The van der Waals surface area contributed by atoms with Crippen LogP contribution in [0.15, 0.2) is 0 Å². The van der Waals surface area contributed by atoms with Crippen LogP contribution in [0.5, 0.6) is 0 Å². The van der Waals surface area contributed by atoms with E-state index >= 15 is 0 Å². The summed E-state index contributed by atoms with van der Waals surface area (Å²) in [5, 5.41) is 11.9. The van der Waals surface area contributed by atoms with Crippen molar-refractivity contribution in [3.8, 4) is 0 Å². The second-order valence-corrected chi connectivity index (χ2v) is 2.59. The van der Waals surface area contributed by atoms with E-state index in [0.717, 1.165) is 0 Å². The SMILES string of the molecule is NCC(=O)[N-][C@@H](CCC(N)=O)C(=O)O.[Zn]. The van der Waals surface area contributed by atoms with Gasteiger partial charge in [-0.05, 0) is 12.5 Å². The molecule has 82 valence electrons. The van der Waals surface area contributed by atoms with Gasteiger partial charge in [0, 0.05) is 32.4 Å². The fraction of sp³-hybridized carbons (Fsp3) is 0.571. The summed E-state index contributed by atoms with van der Waals surface area (Å²) >= 11 is 0. The number of nitrogens with two attached hydrogens (primary N) is 2. The van der Waals surface area contributed by atoms with Gasteiger partial charge in [0.05, 0.1) is 5.91 Å². The summed E-state index contributed by atoms with van der Waals surface area (Å²) in [7, 11) is 0. The second kappa shape index (κ2) is 8.31. The van der Waals surface area contributed by atoms with Gasteiger partial charge >= 0.3 is 0 Å². The Bertz CT molecular complexity index is 246. The number of hydrogen-bond donors (Lipinski definition) is 3. The molecule has 0 aromatic rings. The molecule has 0 spiro atoms. The van der Waals surface area contributed by atoms with Crippen LogP contribution < -0.4 is 11.5 Å². The number of carboxylic acid groups (broad SMARTS) is 1. The molecule has 2 amide bonds. The molecule has 0 aliphatic heterocycles. The molecule has 1 atom stereocenters. The van der Waals surface area contributed by atoms with Crippen molar-refractivity contribution in [1.29, 1.82) is 0 Å². The number of nitrogens with zero attached hydrogens (tertiary/aromatic N) is 1. The van der Waals surface area contributed by atoms with E-state index in [1.54, 1.807) is 0 Å². The number of amides is 2. The maximum Gasteiger partial charge on any atom is 0.288 e. The smallest absolute Gasteiger partial charge is 0.288 e. The standard InChI is InChI=1S/C7H13N3O4.Zn/c8-3-6(12)10-4(7(13)14)1-2-5(9)11;/h4H,1-3,8H2,(H4,9,10,11,12,13,14);/p-1/t4-;/m0./s1. The number of hydrogen-bond acceptors (Lipinski definition) is 4. The zero-order chi connectivity index (χ0) is 11.1. The maximum atomic E-state index is 10.7. The Morgan fingerprint density at radius 3 is 2.20 bits per heavy atom. The molecule has 5 N–H and O–H groups in total. The van der Waals surface area contributed by atoms with Crippen LogP contribution >= 0.6 is 0 Å². The van der Waals surface area contributed by atoms with Crippen molar-refractivity contribution in [3.63, 3.8) is 0 Å². The number of aliphatic carboxylic acids is 1. The van der Waals surface area contributed by atoms with Gasteiger partial charge in [-0.25, -0.2) is 0 Å². The predicted molar refractivity (Wildman–Crippen MR) is 47.3 cm³/mol. The van der Waals surface area contributed by atoms with Crippen LogP contribution in [0.3, 0.4) is 0 Å². The number of primary amides is 1. The summed E-state index contributed by atoms with van der Waals surface area (Å²) in [6.45, 7) is -0.347. The van der Waals surface area contributed by atoms with Crippen molar-refractivity contribution < 1.29 is 39.0 Å². The molecule has 0 saturated heterocycles. The van der Waals surface area contributed by atoms with E-state index in [0.29, 0.717) is 0 Å². The summed E-state index contributed by atoms with van der Waals surface area (Å²) in [6, 6.07) is -1.24. The molecule has 0 aliphatic carbocycles. The minimum absolute atomic E-state index is 0. The zero-order valence-electron chi connectivity index (χ0n) is 8.18. The van der Waals surface area contributed by atoms with E-state index in [1.807, 2.05) is 0 Å². The Morgan fingerprint density at radius 2 is 1.87 bits per heavy atom. The van der Waals surface area contributed by atoms with Gasteiger partial charge in [-0.15, -0.1) is 0 Å². The Hall–Kier alpha value is -1.01. The molecule has 0 aromatic carbocycles. The molecule has 8 heteroatoms. The molecule has 0 aromatic heterocycles. The Balaban J connectivity index is 0. The van der Waals surface area contributed by atoms with Crippen LogP contribution in [-0.4, -0.2) is 35.5 Å². The first-order valence-corrected chi connectivity index (χ1v) is 3.92. The Kier molecular flexibility index (Phi) is 9.10. The normalized spacial score (nSPS) is 11.0. The van der Waals surface area contributed by atoms with Gasteiger partial charge in [0.25, 0.3) is 5.97 Å². The molecule has 0 radical (unpaired) electrons. The first kappa shape index (κ1) is 16.4. The van der Waals surface area contributed by atoms with E-state index in [4.69, 9.17) is 16.6 Å². The third-order valence-corrected chi connectivity index (χ3v) is 1.42. The quantitative estimate of drug-likeness (QED) is 0.506. The van der Waals surface area contributed by atoms with Gasteiger partial charge in [0.15, 0.2) is 0 Å². The summed E-state index contributed by atoms with van der Waals surface area (Å²) in [4.78, 5) is 31.6. The summed E-state index contributed by atoms with van der Waals surface area (Å²) in [6.07, 6.45) is -0.214. The first-order valence-electron chi connectivity index (χ1n) is 3.92. The number of carbonyl (C=O) groups excluding carboxylic acids is 2. The van der Waals surface area contributed by atoms with Gasteiger partial charge in [-0.3, -0.25) is 9.59 Å². The van der Waals surface area contributed by atoms with Crippen LogP contribution in [0, 0.1) is 0 Å². The summed E-state index contributed by atoms with van der Waals surface area (Å²) in [5.41, 5.74) is 9.77. The topological polar surface area (TPSA) is 138 Å². The summed E-state index contributed by atoms with van der Waals surface area (Å²) < 4.78 is 0. The molecule has 15 heavy (non-hydrogen) atoms. The van der Waals surface area contributed by atoms with Crippen molar-refractivity contribution in [1.82, 2.24) is 0 Å². The molecule has 0 unspecified atom stereocenters. The third kappa shape index (κ3) is 8.02. The average Bonchev–Trinajstić information content (AvgIpc) is 2.10. The molecule has 0 aliphatic rings. The number of carbonyl (C=O) groups is 3. The van der Waals surface area contributed by atoms with E-state index in [2.05, 4.69) is 5.32 Å². The first-order chi connectivity index (χ1) is 6.47. The zero-order valence-corrected chi connectivity index (χ0v) is 11.1. The van der Waals surface area contributed by atoms with E-state index < -0.39 is 23.8 Å². The molecule has 0 heterocycles. The monoisotopic (exact) mass is 266 g/mol. The summed E-state index contributed by atoms with van der Waals surface area (Å²) in [5.74, 6) is -2.61. The van der Waals surface area contributed by atoms with Gasteiger partial charge in [0.1, 0.15) is 0 Å². The van der Waals surface area contributed by atoms with Crippen molar-refractivity contribution in [3.05, 3.63) is 5.32 Å². The van der Waals surface area contributed by atoms with Crippen molar-refractivity contribution >= 4 is 17.8 Å². The van der Waals surface area contributed by atoms with Crippen LogP contribution in [0.25, 0.3) is 5.32 Å². The molecule has 0 rings (SSSR count). The van der Waals surface area contributed by atoms with Crippen molar-refractivity contribution in [2.75, 3.05) is 6.54 Å². The molecular formula is C7H12N3O4Zn-. The Labute approximate surface area is 99.3 Å². The number of rotatable bonds is 6.